The van der Waals surface area contributed by atoms with Gasteiger partial charge < -0.3 is 25.6 Å². The molecule has 0 saturated carbocycles. The number of carbonyl (C=O) groups is 1. The number of rotatable bonds is 8. The molecular formula is C19H21N7O4. The maximum atomic E-state index is 8.78. The number of nitriles is 1. The average molecular weight is 411 g/mol. The first-order valence-corrected chi connectivity index (χ1v) is 8.79. The van der Waals surface area contributed by atoms with Gasteiger partial charge in [-0.15, -0.1) is 0 Å². The fourth-order valence-corrected chi connectivity index (χ4v) is 2.43. The van der Waals surface area contributed by atoms with E-state index >= 15 is 0 Å². The van der Waals surface area contributed by atoms with Crippen LogP contribution in [-0.4, -0.2) is 52.0 Å². The van der Waals surface area contributed by atoms with Gasteiger partial charge in [-0.2, -0.15) is 10.4 Å². The molecule has 3 aromatic rings. The van der Waals surface area contributed by atoms with E-state index in [0.717, 1.165) is 17.7 Å². The Hall–Kier alpha value is -4.17. The highest BCUT2D eigenvalue weighted by molar-refractivity contribution is 5.76. The molecule has 3 rings (SSSR count). The Bertz CT molecular complexity index is 983. The van der Waals surface area contributed by atoms with Gasteiger partial charge in [0, 0.05) is 6.07 Å². The maximum absolute atomic E-state index is 8.78. The summed E-state index contributed by atoms with van der Waals surface area (Å²) in [6, 6.07) is 9.32. The first kappa shape index (κ1) is 22.1. The second kappa shape index (κ2) is 11.6. The molecule has 11 nitrogen and oxygen atoms in total. The van der Waals surface area contributed by atoms with E-state index in [4.69, 9.17) is 30.4 Å². The van der Waals surface area contributed by atoms with Crippen LogP contribution in [0, 0.1) is 11.3 Å². The lowest BCUT2D eigenvalue weighted by atomic mass is 10.1. The van der Waals surface area contributed by atoms with E-state index in [-0.39, 0.29) is 12.2 Å². The number of hydrogen-bond donors (Lipinski definition) is 4. The predicted octanol–water partition coefficient (Wildman–Crippen LogP) is 1.92. The number of aromatic nitrogens is 4. The van der Waals surface area contributed by atoms with Gasteiger partial charge in [-0.3, -0.25) is 9.89 Å². The zero-order chi connectivity index (χ0) is 21.8. The molecule has 5 N–H and O–H groups in total. The second-order valence-electron chi connectivity index (χ2n) is 5.62. The molecule has 0 atom stereocenters. The van der Waals surface area contributed by atoms with Gasteiger partial charge in [0.15, 0.2) is 11.5 Å². The number of ether oxygens (including phenoxy) is 2. The summed E-state index contributed by atoms with van der Waals surface area (Å²) >= 11 is 0. The van der Waals surface area contributed by atoms with Gasteiger partial charge in [-0.25, -0.2) is 9.97 Å². The van der Waals surface area contributed by atoms with Gasteiger partial charge in [-0.05, 0) is 25.1 Å². The Morgan fingerprint density at radius 3 is 2.70 bits per heavy atom. The smallest absolute Gasteiger partial charge is 0.290 e. The van der Waals surface area contributed by atoms with Crippen molar-refractivity contribution in [3.8, 4) is 28.8 Å². The molecule has 1 aromatic carbocycles. The van der Waals surface area contributed by atoms with Crippen molar-refractivity contribution in [2.75, 3.05) is 25.6 Å². The van der Waals surface area contributed by atoms with E-state index in [2.05, 4.69) is 25.5 Å². The summed E-state index contributed by atoms with van der Waals surface area (Å²) in [6.45, 7) is 0.819. The number of nitrogens with two attached hydrogens (primary N) is 1. The predicted molar refractivity (Wildman–Crippen MR) is 108 cm³/mol. The summed E-state index contributed by atoms with van der Waals surface area (Å²) in [4.78, 5) is 16.4. The van der Waals surface area contributed by atoms with E-state index in [1.807, 2.05) is 30.3 Å². The largest absolute Gasteiger partial charge is 0.496 e. The van der Waals surface area contributed by atoms with Crippen molar-refractivity contribution in [3.63, 3.8) is 0 Å². The molecule has 0 unspecified atom stereocenters. The number of carboxylic acid groups (broad SMARTS) is 1. The molecule has 0 aliphatic rings. The first-order valence-electron chi connectivity index (χ1n) is 8.79. The lowest BCUT2D eigenvalue weighted by Crippen LogP contribution is -2.07. The Labute approximate surface area is 172 Å². The van der Waals surface area contributed by atoms with Crippen molar-refractivity contribution in [1.29, 1.82) is 5.26 Å². The normalized spacial score (nSPS) is 9.63. The summed E-state index contributed by atoms with van der Waals surface area (Å²) in [6.07, 6.45) is 3.61. The molecule has 30 heavy (non-hydrogen) atoms. The number of nitrogens with one attached hydrogen (secondary N) is 2. The van der Waals surface area contributed by atoms with E-state index in [0.29, 0.717) is 36.3 Å². The third-order valence-electron chi connectivity index (χ3n) is 3.68. The van der Waals surface area contributed by atoms with Crippen LogP contribution in [0.4, 0.5) is 11.6 Å². The highest BCUT2D eigenvalue weighted by atomic mass is 16.5. The zero-order valence-electron chi connectivity index (χ0n) is 16.2. The molecule has 0 bridgehead atoms. The highest BCUT2D eigenvalue weighted by Crippen LogP contribution is 2.38. The van der Waals surface area contributed by atoms with Crippen LogP contribution in [0.3, 0.4) is 0 Å². The van der Waals surface area contributed by atoms with Crippen molar-refractivity contribution >= 4 is 18.1 Å². The minimum Gasteiger partial charge on any atom is -0.496 e. The van der Waals surface area contributed by atoms with Gasteiger partial charge >= 0.3 is 0 Å². The van der Waals surface area contributed by atoms with Gasteiger partial charge in [0.2, 0.25) is 0 Å². The first-order chi connectivity index (χ1) is 14.7. The third-order valence-corrected chi connectivity index (χ3v) is 3.68. The van der Waals surface area contributed by atoms with E-state index in [1.54, 1.807) is 7.11 Å². The van der Waals surface area contributed by atoms with Crippen LogP contribution in [0.15, 0.2) is 36.7 Å². The molecule has 156 valence electrons. The number of aromatic amines is 1. The van der Waals surface area contributed by atoms with Crippen molar-refractivity contribution in [3.05, 3.63) is 42.4 Å². The Kier molecular flexibility index (Phi) is 8.57. The molecule has 0 fully saturated rings. The van der Waals surface area contributed by atoms with Crippen molar-refractivity contribution in [1.82, 2.24) is 20.2 Å². The summed E-state index contributed by atoms with van der Waals surface area (Å²) < 4.78 is 11.3. The summed E-state index contributed by atoms with van der Waals surface area (Å²) in [5.74, 6) is 2.36. The lowest BCUT2D eigenvalue weighted by molar-refractivity contribution is -0.122. The van der Waals surface area contributed by atoms with Crippen LogP contribution in [-0.2, 0) is 4.79 Å². The number of anilines is 2. The summed E-state index contributed by atoms with van der Waals surface area (Å²) in [5, 5.41) is 25.9. The Morgan fingerprint density at radius 2 is 2.07 bits per heavy atom. The standard InChI is InChI=1S/C18H19N7O2.CH2O2/c1-26-14-4-2-5-15(27-7-3-6-19)18(14)13-8-16(25-24-13)23-17-11-21-12(9-20)10-22-17;2-1-3/h2,4-5,8,10-11H,3,6-7,19H2,1H3,(H2,22,23,24,25);1H,(H,2,3). The quantitative estimate of drug-likeness (QED) is 0.317. The summed E-state index contributed by atoms with van der Waals surface area (Å²) in [5.41, 5.74) is 7.27. The van der Waals surface area contributed by atoms with Crippen molar-refractivity contribution in [2.45, 2.75) is 6.42 Å². The minimum absolute atomic E-state index is 0.247. The lowest BCUT2D eigenvalue weighted by Gasteiger charge is -2.13. The van der Waals surface area contributed by atoms with Crippen LogP contribution < -0.4 is 20.5 Å². The Balaban J connectivity index is 0.00000101. The second-order valence-corrected chi connectivity index (χ2v) is 5.62. The van der Waals surface area contributed by atoms with Crippen LogP contribution in [0.1, 0.15) is 12.1 Å². The minimum atomic E-state index is -0.250. The Morgan fingerprint density at radius 1 is 1.30 bits per heavy atom. The molecule has 0 aliphatic carbocycles. The van der Waals surface area contributed by atoms with Crippen LogP contribution in [0.5, 0.6) is 11.5 Å². The van der Waals surface area contributed by atoms with Gasteiger partial charge in [0.05, 0.1) is 37.4 Å². The number of benzene rings is 1. The van der Waals surface area contributed by atoms with Crippen LogP contribution in [0.2, 0.25) is 0 Å². The van der Waals surface area contributed by atoms with Gasteiger partial charge in [0.1, 0.15) is 23.4 Å². The number of hydrogen-bond acceptors (Lipinski definition) is 9. The molecule has 0 radical (unpaired) electrons. The zero-order valence-corrected chi connectivity index (χ0v) is 16.2. The molecule has 2 heterocycles. The fraction of sp³-hybridized carbons (Fsp3) is 0.211. The number of H-pyrrole nitrogens is 1. The number of nitrogens with zero attached hydrogens (tertiary/aromatic N) is 4. The topological polar surface area (TPSA) is 172 Å². The monoisotopic (exact) mass is 411 g/mol. The van der Waals surface area contributed by atoms with Crippen LogP contribution >= 0.6 is 0 Å². The number of methoxy groups -OCH3 is 1. The average Bonchev–Trinajstić information content (AvgIpc) is 3.22. The van der Waals surface area contributed by atoms with Crippen molar-refractivity contribution in [2.24, 2.45) is 5.73 Å². The van der Waals surface area contributed by atoms with E-state index < -0.39 is 0 Å². The SMILES string of the molecule is COc1cccc(OCCCN)c1-c1cc(Nc2cnc(C#N)cn2)n[nH]1.O=CO. The molecule has 0 saturated heterocycles. The fourth-order valence-electron chi connectivity index (χ4n) is 2.43. The van der Waals surface area contributed by atoms with Gasteiger partial charge in [0.25, 0.3) is 6.47 Å². The summed E-state index contributed by atoms with van der Waals surface area (Å²) in [7, 11) is 1.60. The molecule has 0 amide bonds. The van der Waals surface area contributed by atoms with E-state index in [1.165, 1.54) is 12.4 Å². The highest BCUT2D eigenvalue weighted by Gasteiger charge is 2.16. The molecule has 11 heteroatoms. The third kappa shape index (κ3) is 5.91. The molecule has 2 aromatic heterocycles. The molecular weight excluding hydrogens is 390 g/mol. The molecule has 0 spiro atoms. The van der Waals surface area contributed by atoms with Crippen LogP contribution in [0.25, 0.3) is 11.3 Å². The van der Waals surface area contributed by atoms with Gasteiger partial charge in [-0.1, -0.05) is 6.07 Å². The van der Waals surface area contributed by atoms with E-state index in [9.17, 15) is 0 Å². The maximum Gasteiger partial charge on any atom is 0.290 e. The molecule has 0 aliphatic heterocycles. The van der Waals surface area contributed by atoms with Crippen molar-refractivity contribution < 1.29 is 19.4 Å².